The van der Waals surface area contributed by atoms with Crippen LogP contribution in [0.4, 0.5) is 4.39 Å². The molecule has 0 amide bonds. The Bertz CT molecular complexity index is 1540. The molecule has 34 heavy (non-hydrogen) atoms. The van der Waals surface area contributed by atoms with Crippen molar-refractivity contribution in [1.29, 1.82) is 0 Å². The van der Waals surface area contributed by atoms with Crippen LogP contribution in [-0.4, -0.2) is 43.9 Å². The lowest BCUT2D eigenvalue weighted by atomic mass is 10.1. The maximum absolute atomic E-state index is 14.3. The minimum atomic E-state index is -0.266. The second-order valence-corrected chi connectivity index (χ2v) is 8.80. The number of hydrogen-bond donors (Lipinski definition) is 0. The van der Waals surface area contributed by atoms with Gasteiger partial charge in [0.25, 0.3) is 0 Å². The van der Waals surface area contributed by atoms with Crippen LogP contribution in [0.25, 0.3) is 16.8 Å². The molecule has 3 aromatic carbocycles. The Morgan fingerprint density at radius 1 is 0.941 bits per heavy atom. The Morgan fingerprint density at radius 3 is 2.56 bits per heavy atom. The average Bonchev–Trinajstić information content (AvgIpc) is 3.42. The van der Waals surface area contributed by atoms with Gasteiger partial charge in [-0.25, -0.2) is 4.39 Å². The van der Waals surface area contributed by atoms with Crippen LogP contribution in [0.15, 0.2) is 71.9 Å². The van der Waals surface area contributed by atoms with Crippen molar-refractivity contribution in [2.24, 2.45) is 0 Å². The first-order valence-electron chi connectivity index (χ1n) is 10.8. The molecule has 0 aliphatic carbocycles. The van der Waals surface area contributed by atoms with Gasteiger partial charge >= 0.3 is 0 Å². The van der Waals surface area contributed by atoms with Crippen molar-refractivity contribution in [3.05, 3.63) is 83.7 Å². The number of aromatic nitrogens is 4. The molecular weight excluding hydrogens is 455 g/mol. The number of carbonyl (C=O) groups excluding carboxylic acids is 1. The van der Waals surface area contributed by atoms with Gasteiger partial charge in [0.05, 0.1) is 23.3 Å². The largest absolute Gasteiger partial charge is 0.486 e. The van der Waals surface area contributed by atoms with Gasteiger partial charge in [-0.2, -0.15) is 0 Å². The van der Waals surface area contributed by atoms with Crippen molar-refractivity contribution < 1.29 is 18.7 Å². The standard InChI is InChI=1S/C25H19FN4O3S/c26-18-6-2-1-5-17(18)14-29-19-7-3-4-8-20(19)30-24(29)27-28-25(30)34-15-21(31)16-9-10-22-23(13-16)33-12-11-32-22/h1-10,13H,11-12,14-15H2. The van der Waals surface area contributed by atoms with Gasteiger partial charge in [-0.3, -0.25) is 9.20 Å². The van der Waals surface area contributed by atoms with Crippen molar-refractivity contribution in [1.82, 2.24) is 19.2 Å². The van der Waals surface area contributed by atoms with Crippen molar-refractivity contribution in [2.45, 2.75) is 11.7 Å². The molecule has 0 atom stereocenters. The monoisotopic (exact) mass is 474 g/mol. The third-order valence-electron chi connectivity index (χ3n) is 5.75. The zero-order valence-corrected chi connectivity index (χ0v) is 18.8. The third kappa shape index (κ3) is 3.58. The summed E-state index contributed by atoms with van der Waals surface area (Å²) < 4.78 is 29.3. The van der Waals surface area contributed by atoms with E-state index in [0.29, 0.717) is 53.3 Å². The molecule has 170 valence electrons. The number of imidazole rings is 1. The van der Waals surface area contributed by atoms with E-state index in [-0.39, 0.29) is 17.4 Å². The number of benzene rings is 3. The van der Waals surface area contributed by atoms with Gasteiger partial charge in [-0.15, -0.1) is 10.2 Å². The van der Waals surface area contributed by atoms with Gasteiger partial charge < -0.3 is 14.0 Å². The highest BCUT2D eigenvalue weighted by atomic mass is 32.2. The average molecular weight is 475 g/mol. The topological polar surface area (TPSA) is 70.7 Å². The molecule has 6 rings (SSSR count). The lowest BCUT2D eigenvalue weighted by Crippen LogP contribution is -2.16. The number of Topliss-reactive ketones (excluding diaryl/α,β-unsaturated/α-hetero) is 1. The summed E-state index contributed by atoms with van der Waals surface area (Å²) >= 11 is 1.31. The molecule has 2 aromatic heterocycles. The van der Waals surface area contributed by atoms with E-state index in [1.807, 2.05) is 39.3 Å². The highest BCUT2D eigenvalue weighted by molar-refractivity contribution is 7.99. The van der Waals surface area contributed by atoms with Crippen LogP contribution in [-0.2, 0) is 6.54 Å². The Kier molecular flexibility index (Phi) is 5.18. The fraction of sp³-hybridized carbons (Fsp3) is 0.160. The smallest absolute Gasteiger partial charge is 0.237 e. The highest BCUT2D eigenvalue weighted by Gasteiger charge is 2.20. The van der Waals surface area contributed by atoms with E-state index >= 15 is 0 Å². The molecule has 0 spiro atoms. The number of nitrogens with zero attached hydrogens (tertiary/aromatic N) is 4. The summed E-state index contributed by atoms with van der Waals surface area (Å²) in [5, 5.41) is 9.31. The Hall–Kier alpha value is -3.85. The van der Waals surface area contributed by atoms with Gasteiger partial charge in [0, 0.05) is 11.1 Å². The SMILES string of the molecule is O=C(CSc1nnc2n(Cc3ccccc3F)c3ccccc3n12)c1ccc2c(c1)OCCO2. The molecule has 0 saturated carbocycles. The molecular formula is C25H19FN4O3S. The van der Waals surface area contributed by atoms with Crippen LogP contribution < -0.4 is 9.47 Å². The predicted octanol–water partition coefficient (Wildman–Crippen LogP) is 4.62. The van der Waals surface area contributed by atoms with E-state index in [0.717, 1.165) is 11.0 Å². The molecule has 0 fully saturated rings. The van der Waals surface area contributed by atoms with Gasteiger partial charge in [-0.1, -0.05) is 42.1 Å². The quantitative estimate of drug-likeness (QED) is 0.264. The van der Waals surface area contributed by atoms with Crippen molar-refractivity contribution in [3.8, 4) is 11.5 Å². The minimum absolute atomic E-state index is 0.0474. The molecule has 0 bridgehead atoms. The number of rotatable bonds is 6. The van der Waals surface area contributed by atoms with Crippen LogP contribution in [0.1, 0.15) is 15.9 Å². The van der Waals surface area contributed by atoms with Crippen LogP contribution in [0.3, 0.4) is 0 Å². The number of hydrogen-bond acceptors (Lipinski definition) is 6. The number of para-hydroxylation sites is 2. The fourth-order valence-corrected chi connectivity index (χ4v) is 4.95. The second-order valence-electron chi connectivity index (χ2n) is 7.85. The van der Waals surface area contributed by atoms with E-state index in [1.54, 1.807) is 30.3 Å². The van der Waals surface area contributed by atoms with Crippen LogP contribution in [0.2, 0.25) is 0 Å². The number of thioether (sulfide) groups is 1. The first-order chi connectivity index (χ1) is 16.7. The van der Waals surface area contributed by atoms with E-state index in [1.165, 1.54) is 17.8 Å². The summed E-state index contributed by atoms with van der Waals surface area (Å²) in [6, 6.07) is 19.7. The molecule has 1 aliphatic heterocycles. The number of halogens is 1. The first kappa shape index (κ1) is 20.7. The lowest BCUT2D eigenvalue weighted by Gasteiger charge is -2.18. The lowest BCUT2D eigenvalue weighted by molar-refractivity contribution is 0.102. The number of carbonyl (C=O) groups is 1. The zero-order chi connectivity index (χ0) is 23.1. The Morgan fingerprint density at radius 2 is 1.71 bits per heavy atom. The van der Waals surface area contributed by atoms with E-state index in [2.05, 4.69) is 10.2 Å². The van der Waals surface area contributed by atoms with E-state index in [9.17, 15) is 9.18 Å². The van der Waals surface area contributed by atoms with Crippen LogP contribution >= 0.6 is 11.8 Å². The Labute approximate surface area is 198 Å². The first-order valence-corrected chi connectivity index (χ1v) is 11.8. The van der Waals surface area contributed by atoms with Gasteiger partial charge in [0.15, 0.2) is 22.4 Å². The van der Waals surface area contributed by atoms with Gasteiger partial charge in [-0.05, 0) is 36.4 Å². The number of fused-ring (bicyclic) bond motifs is 4. The number of ether oxygens (including phenoxy) is 2. The molecule has 0 radical (unpaired) electrons. The summed E-state index contributed by atoms with van der Waals surface area (Å²) in [4.78, 5) is 12.9. The van der Waals surface area contributed by atoms with E-state index < -0.39 is 0 Å². The maximum atomic E-state index is 14.3. The molecule has 0 saturated heterocycles. The van der Waals surface area contributed by atoms with Crippen LogP contribution in [0.5, 0.6) is 11.5 Å². The molecule has 9 heteroatoms. The van der Waals surface area contributed by atoms with Crippen molar-refractivity contribution in [2.75, 3.05) is 19.0 Å². The fourth-order valence-electron chi connectivity index (χ4n) is 4.11. The molecule has 7 nitrogen and oxygen atoms in total. The summed E-state index contributed by atoms with van der Waals surface area (Å²) in [6.07, 6.45) is 0. The second kappa shape index (κ2) is 8.49. The Balaban J connectivity index is 1.31. The molecule has 0 N–H and O–H groups in total. The summed E-state index contributed by atoms with van der Waals surface area (Å²) in [6.45, 7) is 1.29. The molecule has 5 aromatic rings. The van der Waals surface area contributed by atoms with E-state index in [4.69, 9.17) is 9.47 Å². The molecule has 3 heterocycles. The minimum Gasteiger partial charge on any atom is -0.486 e. The summed E-state index contributed by atoms with van der Waals surface area (Å²) in [5.74, 6) is 1.71. The summed E-state index contributed by atoms with van der Waals surface area (Å²) in [5.41, 5.74) is 2.93. The maximum Gasteiger partial charge on any atom is 0.237 e. The molecule has 1 aliphatic rings. The molecule has 0 unspecified atom stereocenters. The van der Waals surface area contributed by atoms with Gasteiger partial charge in [0.1, 0.15) is 19.0 Å². The number of ketones is 1. The van der Waals surface area contributed by atoms with Crippen molar-refractivity contribution in [3.63, 3.8) is 0 Å². The predicted molar refractivity (Wildman–Crippen MR) is 126 cm³/mol. The highest BCUT2D eigenvalue weighted by Crippen LogP contribution is 2.32. The zero-order valence-electron chi connectivity index (χ0n) is 18.0. The van der Waals surface area contributed by atoms with Gasteiger partial charge in [0.2, 0.25) is 5.78 Å². The normalized spacial score (nSPS) is 13.0. The summed E-state index contributed by atoms with van der Waals surface area (Å²) in [7, 11) is 0. The van der Waals surface area contributed by atoms with Crippen LogP contribution in [0, 0.1) is 5.82 Å². The van der Waals surface area contributed by atoms with Crippen molar-refractivity contribution >= 4 is 34.4 Å². The third-order valence-corrected chi connectivity index (χ3v) is 6.68.